The average molecular weight is 443 g/mol. The molecule has 33 heavy (non-hydrogen) atoms. The zero-order valence-electron chi connectivity index (χ0n) is 17.9. The first-order chi connectivity index (χ1) is 16.1. The summed E-state index contributed by atoms with van der Waals surface area (Å²) in [4.78, 5) is 44.2. The molecule has 3 aliphatic heterocycles. The number of benzene rings is 3. The van der Waals surface area contributed by atoms with Gasteiger partial charge in [0.05, 0.1) is 24.9 Å². The first-order valence-electron chi connectivity index (χ1n) is 10.8. The summed E-state index contributed by atoms with van der Waals surface area (Å²) in [7, 11) is 1.56. The number of piperazine rings is 1. The largest absolute Gasteiger partial charge is 0.497 e. The number of hydrogen-bond acceptors (Lipinski definition) is 5. The number of methoxy groups -OCH3 is 1. The van der Waals surface area contributed by atoms with Gasteiger partial charge in [-0.15, -0.1) is 0 Å². The van der Waals surface area contributed by atoms with Gasteiger partial charge in [-0.2, -0.15) is 0 Å². The number of amides is 4. The Kier molecular flexibility index (Phi) is 4.29. The maximum atomic E-state index is 13.5. The van der Waals surface area contributed by atoms with Crippen LogP contribution in [0.2, 0.25) is 0 Å². The van der Waals surface area contributed by atoms with Crippen molar-refractivity contribution in [1.29, 1.82) is 0 Å². The third-order valence-electron chi connectivity index (χ3n) is 6.77. The van der Waals surface area contributed by atoms with Gasteiger partial charge in [0.25, 0.3) is 5.91 Å². The van der Waals surface area contributed by atoms with E-state index in [-0.39, 0.29) is 18.0 Å². The second-order valence-corrected chi connectivity index (χ2v) is 8.46. The van der Waals surface area contributed by atoms with Gasteiger partial charge in [-0.3, -0.25) is 4.79 Å². The van der Waals surface area contributed by atoms with E-state index in [0.717, 1.165) is 10.8 Å². The van der Waals surface area contributed by atoms with E-state index in [1.54, 1.807) is 47.2 Å². The van der Waals surface area contributed by atoms with E-state index in [9.17, 15) is 14.4 Å². The predicted molar refractivity (Wildman–Crippen MR) is 120 cm³/mol. The minimum atomic E-state index is -0.696. The summed E-state index contributed by atoms with van der Waals surface area (Å²) in [6, 6.07) is 18.3. The highest BCUT2D eigenvalue weighted by Gasteiger charge is 2.63. The molecule has 8 nitrogen and oxygen atoms in total. The first-order valence-corrected chi connectivity index (χ1v) is 10.8. The van der Waals surface area contributed by atoms with Crippen LogP contribution in [0.25, 0.3) is 10.8 Å². The third kappa shape index (κ3) is 2.87. The summed E-state index contributed by atoms with van der Waals surface area (Å²) < 4.78 is 10.7. The monoisotopic (exact) mass is 443 g/mol. The second kappa shape index (κ2) is 7.23. The average Bonchev–Trinajstić information content (AvgIpc) is 3.51. The molecule has 4 amide bonds. The zero-order chi connectivity index (χ0) is 22.7. The number of carbonyl (C=O) groups excluding carboxylic acids is 3. The van der Waals surface area contributed by atoms with Crippen molar-refractivity contribution in [2.75, 3.05) is 18.6 Å². The van der Waals surface area contributed by atoms with Crippen LogP contribution >= 0.6 is 0 Å². The van der Waals surface area contributed by atoms with Crippen LogP contribution in [0.1, 0.15) is 6.42 Å². The lowest BCUT2D eigenvalue weighted by molar-refractivity contribution is -0.121. The maximum absolute atomic E-state index is 13.5. The molecule has 8 heteroatoms. The molecule has 1 unspecified atom stereocenters. The van der Waals surface area contributed by atoms with E-state index in [4.69, 9.17) is 9.47 Å². The van der Waals surface area contributed by atoms with Crippen LogP contribution in [0, 0.1) is 0 Å². The number of imide groups is 1. The van der Waals surface area contributed by atoms with Gasteiger partial charge in [0.1, 0.15) is 17.5 Å². The van der Waals surface area contributed by atoms with Crippen molar-refractivity contribution in [3.8, 4) is 11.5 Å². The molecule has 0 N–H and O–H groups in total. The Morgan fingerprint density at radius 1 is 0.939 bits per heavy atom. The number of likely N-dealkylation sites (tertiary alicyclic amines) is 1. The normalized spacial score (nSPS) is 23.4. The number of hydrogen-bond donors (Lipinski definition) is 0. The van der Waals surface area contributed by atoms with Gasteiger partial charge < -0.3 is 19.3 Å². The molecule has 2 bridgehead atoms. The lowest BCUT2D eigenvalue weighted by Gasteiger charge is -2.34. The topological polar surface area (TPSA) is 79.4 Å². The highest BCUT2D eigenvalue weighted by molar-refractivity contribution is 6.25. The molecular weight excluding hydrogens is 422 g/mol. The molecule has 3 fully saturated rings. The smallest absolute Gasteiger partial charge is 0.415 e. The van der Waals surface area contributed by atoms with Gasteiger partial charge in [-0.05, 0) is 42.1 Å². The first kappa shape index (κ1) is 19.6. The number of nitrogens with zero attached hydrogens (tertiary/aromatic N) is 3. The van der Waals surface area contributed by atoms with Gasteiger partial charge in [-0.25, -0.2) is 14.5 Å². The number of ether oxygens (including phenoxy) is 2. The van der Waals surface area contributed by atoms with Crippen LogP contribution in [-0.2, 0) is 4.79 Å². The SMILES string of the molecule is COc1ccc(OC(=O)N2C[C@H]3CC2[C@H]2C(=O)N(c4cccc5ccccc45)C(=O)N32)cc1. The van der Waals surface area contributed by atoms with Gasteiger partial charge in [0, 0.05) is 11.9 Å². The summed E-state index contributed by atoms with van der Waals surface area (Å²) in [6.45, 7) is 0.346. The van der Waals surface area contributed by atoms with Gasteiger partial charge >= 0.3 is 12.1 Å². The fourth-order valence-electron chi connectivity index (χ4n) is 5.30. The quantitative estimate of drug-likeness (QED) is 0.578. The van der Waals surface area contributed by atoms with Crippen molar-refractivity contribution in [2.45, 2.75) is 24.5 Å². The van der Waals surface area contributed by atoms with Crippen molar-refractivity contribution >= 4 is 34.5 Å². The van der Waals surface area contributed by atoms with Crippen LogP contribution in [0.4, 0.5) is 15.3 Å². The molecule has 0 spiro atoms. The molecule has 3 atom stereocenters. The number of anilines is 1. The third-order valence-corrected chi connectivity index (χ3v) is 6.77. The summed E-state index contributed by atoms with van der Waals surface area (Å²) in [5.41, 5.74) is 0.573. The maximum Gasteiger partial charge on any atom is 0.415 e. The van der Waals surface area contributed by atoms with Crippen LogP contribution in [0.5, 0.6) is 11.5 Å². The molecule has 3 aromatic rings. The molecule has 3 saturated heterocycles. The number of carbonyl (C=O) groups is 3. The van der Waals surface area contributed by atoms with Crippen LogP contribution in [0.15, 0.2) is 66.7 Å². The summed E-state index contributed by atoms with van der Waals surface area (Å²) in [6.07, 6.45) is 0.0552. The Bertz CT molecular complexity index is 1290. The van der Waals surface area contributed by atoms with Gasteiger partial charge in [0.15, 0.2) is 0 Å². The number of fused-ring (bicyclic) bond motifs is 6. The molecule has 166 valence electrons. The molecule has 0 saturated carbocycles. The van der Waals surface area contributed by atoms with Gasteiger partial charge in [-0.1, -0.05) is 36.4 Å². The van der Waals surface area contributed by atoms with E-state index in [1.807, 2.05) is 36.4 Å². The lowest BCUT2D eigenvalue weighted by atomic mass is 10.1. The predicted octanol–water partition coefficient (Wildman–Crippen LogP) is 3.64. The van der Waals surface area contributed by atoms with E-state index in [2.05, 4.69) is 0 Å². The standard InChI is InChI=1S/C25H21N3O5/c1-32-17-9-11-18(12-10-17)33-25(31)26-14-16-13-21(26)22-23(29)28(24(30)27(16)22)20-8-4-6-15-5-2-3-7-19(15)20/h2-12,16,21-22H,13-14H2,1H3/t16-,21?,22+/m1/s1. The molecule has 0 aliphatic carbocycles. The number of urea groups is 1. The van der Waals surface area contributed by atoms with Crippen molar-refractivity contribution in [2.24, 2.45) is 0 Å². The van der Waals surface area contributed by atoms with E-state index in [1.165, 1.54) is 4.90 Å². The Balaban J connectivity index is 1.27. The fraction of sp³-hybridized carbons (Fsp3) is 0.240. The molecule has 0 aromatic heterocycles. The fourth-order valence-corrected chi connectivity index (χ4v) is 5.30. The summed E-state index contributed by atoms with van der Waals surface area (Å²) >= 11 is 0. The van der Waals surface area contributed by atoms with E-state index >= 15 is 0 Å². The molecule has 3 aliphatic rings. The van der Waals surface area contributed by atoms with Crippen molar-refractivity contribution in [3.05, 3.63) is 66.7 Å². The zero-order valence-corrected chi connectivity index (χ0v) is 17.9. The van der Waals surface area contributed by atoms with E-state index in [0.29, 0.717) is 30.2 Å². The molecule has 0 radical (unpaired) electrons. The Hall–Kier alpha value is -4.07. The number of rotatable bonds is 3. The molecular formula is C25H21N3O5. The molecule has 3 aromatic carbocycles. The highest BCUT2D eigenvalue weighted by atomic mass is 16.6. The highest BCUT2D eigenvalue weighted by Crippen LogP contribution is 2.43. The van der Waals surface area contributed by atoms with Crippen molar-refractivity contribution in [1.82, 2.24) is 9.80 Å². The minimum absolute atomic E-state index is 0.208. The van der Waals surface area contributed by atoms with Gasteiger partial charge in [0.2, 0.25) is 0 Å². The lowest BCUT2D eigenvalue weighted by Crippen LogP contribution is -2.55. The van der Waals surface area contributed by atoms with Crippen LogP contribution < -0.4 is 14.4 Å². The minimum Gasteiger partial charge on any atom is -0.497 e. The molecule has 6 rings (SSSR count). The van der Waals surface area contributed by atoms with E-state index < -0.39 is 18.2 Å². The van der Waals surface area contributed by atoms with Crippen LogP contribution in [0.3, 0.4) is 0 Å². The Morgan fingerprint density at radius 3 is 2.45 bits per heavy atom. The van der Waals surface area contributed by atoms with Crippen molar-refractivity contribution in [3.63, 3.8) is 0 Å². The summed E-state index contributed by atoms with van der Waals surface area (Å²) in [5, 5.41) is 1.79. The van der Waals surface area contributed by atoms with Crippen molar-refractivity contribution < 1.29 is 23.9 Å². The Morgan fingerprint density at radius 2 is 1.67 bits per heavy atom. The Labute approximate surface area is 189 Å². The second-order valence-electron chi connectivity index (χ2n) is 8.46. The molecule has 3 heterocycles. The summed E-state index contributed by atoms with van der Waals surface area (Å²) in [5.74, 6) is 0.756. The van der Waals surface area contributed by atoms with Crippen LogP contribution in [-0.4, -0.2) is 59.6 Å².